The number of nitrogens with one attached hydrogen (secondary N) is 1. The van der Waals surface area contributed by atoms with Gasteiger partial charge < -0.3 is 10.1 Å². The number of ether oxygens (including phenoxy) is 1. The van der Waals surface area contributed by atoms with Crippen molar-refractivity contribution in [3.05, 3.63) is 63.7 Å². The minimum Gasteiger partial charge on any atom is -0.496 e. The van der Waals surface area contributed by atoms with Crippen molar-refractivity contribution in [3.63, 3.8) is 0 Å². The Morgan fingerprint density at radius 1 is 1.27 bits per heavy atom. The van der Waals surface area contributed by atoms with Crippen molar-refractivity contribution in [2.75, 3.05) is 19.0 Å². The summed E-state index contributed by atoms with van der Waals surface area (Å²) < 4.78 is 7.26. The van der Waals surface area contributed by atoms with Gasteiger partial charge in [-0.15, -0.1) is 0 Å². The number of nitrogens with zero attached hydrogens (tertiary/aromatic N) is 3. The number of nitro benzene ring substituents is 1. The van der Waals surface area contributed by atoms with Crippen molar-refractivity contribution in [1.29, 1.82) is 0 Å². The monoisotopic (exact) mass is 350 g/mol. The van der Waals surface area contributed by atoms with Gasteiger partial charge in [-0.1, -0.05) is 18.2 Å². The molecule has 1 aromatic heterocycles. The summed E-state index contributed by atoms with van der Waals surface area (Å²) in [6.45, 7) is 2.73. The highest BCUT2D eigenvalue weighted by Crippen LogP contribution is 2.39. The quantitative estimate of drug-likeness (QED) is 0.573. The molecule has 0 saturated carbocycles. The Balaban J connectivity index is 1.93. The molecule has 0 radical (unpaired) electrons. The van der Waals surface area contributed by atoms with E-state index in [0.29, 0.717) is 5.69 Å². The molecule has 4 rings (SSSR count). The molecule has 3 aromatic rings. The third-order valence-electron chi connectivity index (χ3n) is 4.64. The molecular weight excluding hydrogens is 332 g/mol. The first-order chi connectivity index (χ1) is 12.6. The number of anilines is 1. The Kier molecular flexibility index (Phi) is 3.84. The molecule has 7 nitrogen and oxygen atoms in total. The Bertz CT molecular complexity index is 1010. The standard InChI is InChI=1S/C19H18N4O3/c1-12-7-8-13(23(24)25)11-16(12)22-19-15(9-10-20-19)18(21-22)14-5-3-4-6-17(14)26-2/h3-8,11,20H,9-10H2,1-2H3. The summed E-state index contributed by atoms with van der Waals surface area (Å²) in [6, 6.07) is 12.6. The van der Waals surface area contributed by atoms with Gasteiger partial charge in [0.25, 0.3) is 5.69 Å². The molecule has 0 fully saturated rings. The summed E-state index contributed by atoms with van der Waals surface area (Å²) in [5.74, 6) is 1.64. The van der Waals surface area contributed by atoms with Crippen LogP contribution in [0.15, 0.2) is 42.5 Å². The van der Waals surface area contributed by atoms with Gasteiger partial charge in [0.1, 0.15) is 17.3 Å². The second-order valence-corrected chi connectivity index (χ2v) is 6.19. The SMILES string of the molecule is COc1ccccc1-c1nn(-c2cc([N+](=O)[O-])ccc2C)c2c1CCN2. The largest absolute Gasteiger partial charge is 0.496 e. The van der Waals surface area contributed by atoms with Crippen LogP contribution in [0, 0.1) is 17.0 Å². The summed E-state index contributed by atoms with van der Waals surface area (Å²) in [4.78, 5) is 10.8. The Morgan fingerprint density at radius 2 is 2.08 bits per heavy atom. The van der Waals surface area contributed by atoms with Crippen LogP contribution in [0.2, 0.25) is 0 Å². The number of hydrogen-bond donors (Lipinski definition) is 1. The lowest BCUT2D eigenvalue weighted by Crippen LogP contribution is -2.06. The van der Waals surface area contributed by atoms with Gasteiger partial charge in [-0.2, -0.15) is 5.10 Å². The molecule has 26 heavy (non-hydrogen) atoms. The van der Waals surface area contributed by atoms with Crippen LogP contribution in [0.25, 0.3) is 16.9 Å². The number of non-ortho nitro benzene ring substituents is 1. The Labute approximate surface area is 150 Å². The predicted molar refractivity (Wildman–Crippen MR) is 99.1 cm³/mol. The molecule has 0 saturated heterocycles. The second kappa shape index (κ2) is 6.18. The van der Waals surface area contributed by atoms with Gasteiger partial charge in [-0.25, -0.2) is 4.68 Å². The summed E-state index contributed by atoms with van der Waals surface area (Å²) in [7, 11) is 1.64. The lowest BCUT2D eigenvalue weighted by molar-refractivity contribution is -0.384. The first-order valence-electron chi connectivity index (χ1n) is 8.34. The molecule has 7 heteroatoms. The molecule has 0 amide bonds. The molecule has 0 unspecified atom stereocenters. The van der Waals surface area contributed by atoms with Crippen LogP contribution < -0.4 is 10.1 Å². The number of methoxy groups -OCH3 is 1. The van der Waals surface area contributed by atoms with Crippen molar-refractivity contribution >= 4 is 11.5 Å². The van der Waals surface area contributed by atoms with E-state index in [0.717, 1.165) is 46.9 Å². The smallest absolute Gasteiger partial charge is 0.271 e. The average molecular weight is 350 g/mol. The number of aryl methyl sites for hydroxylation is 1. The third-order valence-corrected chi connectivity index (χ3v) is 4.64. The number of hydrogen-bond acceptors (Lipinski definition) is 5. The number of nitro groups is 1. The molecule has 2 heterocycles. The molecule has 1 N–H and O–H groups in total. The van der Waals surface area contributed by atoms with Gasteiger partial charge in [0.15, 0.2) is 0 Å². The number of para-hydroxylation sites is 1. The topological polar surface area (TPSA) is 82.2 Å². The second-order valence-electron chi connectivity index (χ2n) is 6.19. The first-order valence-corrected chi connectivity index (χ1v) is 8.34. The fourth-order valence-electron chi connectivity index (χ4n) is 3.35. The van der Waals surface area contributed by atoms with Gasteiger partial charge in [0.05, 0.1) is 17.7 Å². The summed E-state index contributed by atoms with van der Waals surface area (Å²) in [6.07, 6.45) is 0.844. The van der Waals surface area contributed by atoms with Crippen molar-refractivity contribution in [2.24, 2.45) is 0 Å². The predicted octanol–water partition coefficient (Wildman–Crippen LogP) is 3.73. The zero-order valence-corrected chi connectivity index (χ0v) is 14.5. The van der Waals surface area contributed by atoms with Crippen molar-refractivity contribution in [1.82, 2.24) is 9.78 Å². The number of benzene rings is 2. The fourth-order valence-corrected chi connectivity index (χ4v) is 3.35. The van der Waals surface area contributed by atoms with E-state index >= 15 is 0 Å². The van der Waals surface area contributed by atoms with Crippen LogP contribution in [0.1, 0.15) is 11.1 Å². The Morgan fingerprint density at radius 3 is 2.85 bits per heavy atom. The highest BCUT2D eigenvalue weighted by Gasteiger charge is 2.26. The maximum atomic E-state index is 11.2. The van der Waals surface area contributed by atoms with E-state index in [-0.39, 0.29) is 10.6 Å². The van der Waals surface area contributed by atoms with E-state index in [9.17, 15) is 10.1 Å². The summed E-state index contributed by atoms with van der Waals surface area (Å²) in [5.41, 5.74) is 4.52. The van der Waals surface area contributed by atoms with Gasteiger partial charge in [0.2, 0.25) is 0 Å². The molecule has 0 atom stereocenters. The van der Waals surface area contributed by atoms with Crippen LogP contribution >= 0.6 is 0 Å². The molecule has 1 aliphatic rings. The zero-order valence-electron chi connectivity index (χ0n) is 14.5. The maximum absolute atomic E-state index is 11.2. The van der Waals surface area contributed by atoms with Crippen LogP contribution in [0.5, 0.6) is 5.75 Å². The first kappa shape index (κ1) is 16.1. The normalized spacial score (nSPS) is 12.5. The summed E-state index contributed by atoms with van der Waals surface area (Å²) in [5, 5.41) is 19.3. The molecule has 0 spiro atoms. The third kappa shape index (κ3) is 2.48. The lowest BCUT2D eigenvalue weighted by Gasteiger charge is -2.10. The van der Waals surface area contributed by atoms with Crippen LogP contribution in [-0.2, 0) is 6.42 Å². The van der Waals surface area contributed by atoms with Crippen LogP contribution in [0.3, 0.4) is 0 Å². The Hall–Kier alpha value is -3.35. The minimum atomic E-state index is -0.388. The van der Waals surface area contributed by atoms with Crippen molar-refractivity contribution in [2.45, 2.75) is 13.3 Å². The number of aromatic nitrogens is 2. The number of fused-ring (bicyclic) bond motifs is 1. The lowest BCUT2D eigenvalue weighted by atomic mass is 10.1. The van der Waals surface area contributed by atoms with Gasteiger partial charge in [-0.3, -0.25) is 10.1 Å². The minimum absolute atomic E-state index is 0.0479. The van der Waals surface area contributed by atoms with Gasteiger partial charge in [-0.05, 0) is 31.0 Å². The van der Waals surface area contributed by atoms with E-state index < -0.39 is 0 Å². The maximum Gasteiger partial charge on any atom is 0.271 e. The highest BCUT2D eigenvalue weighted by molar-refractivity contribution is 5.77. The molecule has 132 valence electrons. The van der Waals surface area contributed by atoms with Crippen molar-refractivity contribution in [3.8, 4) is 22.7 Å². The zero-order chi connectivity index (χ0) is 18.3. The molecule has 2 aromatic carbocycles. The molecular formula is C19H18N4O3. The number of rotatable bonds is 4. The fraction of sp³-hybridized carbons (Fsp3) is 0.211. The van der Waals surface area contributed by atoms with E-state index in [1.165, 1.54) is 6.07 Å². The molecule has 1 aliphatic heterocycles. The van der Waals surface area contributed by atoms with E-state index in [1.807, 2.05) is 31.2 Å². The van der Waals surface area contributed by atoms with E-state index in [2.05, 4.69) is 5.32 Å². The van der Waals surface area contributed by atoms with Gasteiger partial charge in [0, 0.05) is 29.8 Å². The van der Waals surface area contributed by atoms with Crippen molar-refractivity contribution < 1.29 is 9.66 Å². The van der Waals surface area contributed by atoms with Crippen LogP contribution in [0.4, 0.5) is 11.5 Å². The molecule has 0 aliphatic carbocycles. The molecule has 0 bridgehead atoms. The average Bonchev–Trinajstić information content (AvgIpc) is 3.24. The van der Waals surface area contributed by atoms with Crippen LogP contribution in [-0.4, -0.2) is 28.4 Å². The van der Waals surface area contributed by atoms with E-state index in [4.69, 9.17) is 9.84 Å². The van der Waals surface area contributed by atoms with Gasteiger partial charge >= 0.3 is 0 Å². The summed E-state index contributed by atoms with van der Waals surface area (Å²) >= 11 is 0. The highest BCUT2D eigenvalue weighted by atomic mass is 16.6. The van der Waals surface area contributed by atoms with E-state index in [1.54, 1.807) is 23.9 Å².